The molecule has 0 aliphatic heterocycles. The summed E-state index contributed by atoms with van der Waals surface area (Å²) in [6, 6.07) is 0.334. The van der Waals surface area contributed by atoms with Crippen LogP contribution in [0.15, 0.2) is 9.90 Å². The maximum atomic E-state index is 5.44. The van der Waals surface area contributed by atoms with E-state index in [0.717, 1.165) is 35.4 Å². The van der Waals surface area contributed by atoms with Crippen molar-refractivity contribution in [1.29, 1.82) is 0 Å². The van der Waals surface area contributed by atoms with Crippen molar-refractivity contribution in [3.05, 3.63) is 27.8 Å². The molecule has 20 heavy (non-hydrogen) atoms. The number of hydrogen-bond acceptors (Lipinski definition) is 6. The van der Waals surface area contributed by atoms with E-state index in [9.17, 15) is 0 Å². The highest BCUT2D eigenvalue weighted by Gasteiger charge is 2.23. The molecule has 2 unspecified atom stereocenters. The van der Waals surface area contributed by atoms with Gasteiger partial charge in [-0.05, 0) is 26.8 Å². The van der Waals surface area contributed by atoms with Gasteiger partial charge in [0.15, 0.2) is 5.82 Å². The van der Waals surface area contributed by atoms with Gasteiger partial charge in [-0.1, -0.05) is 19.0 Å². The van der Waals surface area contributed by atoms with Gasteiger partial charge in [0, 0.05) is 17.1 Å². The predicted octanol–water partition coefficient (Wildman–Crippen LogP) is 2.92. The van der Waals surface area contributed by atoms with E-state index in [4.69, 9.17) is 4.52 Å². The Morgan fingerprint density at radius 3 is 2.75 bits per heavy atom. The molecule has 0 radical (unpaired) electrons. The van der Waals surface area contributed by atoms with Crippen LogP contribution in [0.4, 0.5) is 0 Å². The molecule has 110 valence electrons. The smallest absolute Gasteiger partial charge is 0.231 e. The monoisotopic (exact) mass is 294 g/mol. The molecule has 2 aromatic heterocycles. The Morgan fingerprint density at radius 1 is 1.35 bits per heavy atom. The number of nitrogens with one attached hydrogen (secondary N) is 1. The molecule has 5 nitrogen and oxygen atoms in total. The highest BCUT2D eigenvalue weighted by Crippen LogP contribution is 2.22. The molecule has 0 fully saturated rings. The van der Waals surface area contributed by atoms with Gasteiger partial charge in [0.2, 0.25) is 5.89 Å². The Balaban J connectivity index is 2.07. The summed E-state index contributed by atoms with van der Waals surface area (Å²) in [6.45, 7) is 9.34. The number of aryl methyl sites for hydroxylation is 1. The Bertz CT molecular complexity index is 537. The zero-order valence-corrected chi connectivity index (χ0v) is 13.3. The Morgan fingerprint density at radius 2 is 2.15 bits per heavy atom. The summed E-state index contributed by atoms with van der Waals surface area (Å²) in [5.41, 5.74) is 1.04. The molecular formula is C14H22N4OS. The van der Waals surface area contributed by atoms with Crippen LogP contribution in [-0.2, 0) is 6.42 Å². The SMILES string of the molecule is CCNC(C)C(CC)c1nc(Cc2nc(C)cs2)no1. The molecule has 2 rings (SSSR count). The Kier molecular flexibility index (Phi) is 5.25. The summed E-state index contributed by atoms with van der Waals surface area (Å²) in [4.78, 5) is 8.97. The molecule has 0 saturated heterocycles. The van der Waals surface area contributed by atoms with E-state index in [-0.39, 0.29) is 5.92 Å². The zero-order valence-electron chi connectivity index (χ0n) is 12.5. The lowest BCUT2D eigenvalue weighted by molar-refractivity contribution is 0.316. The van der Waals surface area contributed by atoms with Crippen LogP contribution in [0.3, 0.4) is 0 Å². The van der Waals surface area contributed by atoms with Crippen molar-refractivity contribution in [3.63, 3.8) is 0 Å². The van der Waals surface area contributed by atoms with Crippen molar-refractivity contribution >= 4 is 11.3 Å². The van der Waals surface area contributed by atoms with Gasteiger partial charge < -0.3 is 9.84 Å². The second-order valence-corrected chi connectivity index (χ2v) is 5.91. The molecule has 2 atom stereocenters. The minimum Gasteiger partial charge on any atom is -0.339 e. The van der Waals surface area contributed by atoms with Crippen molar-refractivity contribution in [3.8, 4) is 0 Å². The summed E-state index contributed by atoms with van der Waals surface area (Å²) in [5, 5.41) is 10.6. The van der Waals surface area contributed by atoms with Crippen LogP contribution < -0.4 is 5.32 Å². The van der Waals surface area contributed by atoms with Crippen LogP contribution in [-0.4, -0.2) is 27.7 Å². The summed E-state index contributed by atoms with van der Waals surface area (Å²) in [5.74, 6) is 1.70. The third-order valence-electron chi connectivity index (χ3n) is 3.35. The van der Waals surface area contributed by atoms with Crippen LogP contribution in [0.2, 0.25) is 0 Å². The third kappa shape index (κ3) is 3.64. The molecule has 0 amide bonds. The molecule has 0 aliphatic carbocycles. The molecule has 0 aliphatic rings. The van der Waals surface area contributed by atoms with Crippen LogP contribution in [0.1, 0.15) is 55.5 Å². The molecular weight excluding hydrogens is 272 g/mol. The fourth-order valence-corrected chi connectivity index (χ4v) is 3.08. The normalized spacial score (nSPS) is 14.4. The molecule has 0 saturated carbocycles. The first kappa shape index (κ1) is 15.1. The van der Waals surface area contributed by atoms with Gasteiger partial charge in [-0.25, -0.2) is 4.98 Å². The van der Waals surface area contributed by atoms with Crippen LogP contribution in [0.5, 0.6) is 0 Å². The quantitative estimate of drug-likeness (QED) is 0.850. The maximum absolute atomic E-state index is 5.44. The lowest BCUT2D eigenvalue weighted by Gasteiger charge is -2.19. The van der Waals surface area contributed by atoms with Gasteiger partial charge in [0.1, 0.15) is 5.01 Å². The predicted molar refractivity (Wildman–Crippen MR) is 80.1 cm³/mol. The van der Waals surface area contributed by atoms with Gasteiger partial charge in [-0.15, -0.1) is 11.3 Å². The average molecular weight is 294 g/mol. The van der Waals surface area contributed by atoms with E-state index < -0.39 is 0 Å². The molecule has 2 aromatic rings. The molecule has 0 aromatic carbocycles. The Labute approximate surface area is 123 Å². The van der Waals surface area contributed by atoms with E-state index in [2.05, 4.69) is 41.2 Å². The molecule has 0 spiro atoms. The minimum atomic E-state index is 0.259. The number of hydrogen-bond donors (Lipinski definition) is 1. The van der Waals surface area contributed by atoms with Gasteiger partial charge >= 0.3 is 0 Å². The zero-order chi connectivity index (χ0) is 14.5. The highest BCUT2D eigenvalue weighted by molar-refractivity contribution is 7.09. The van der Waals surface area contributed by atoms with Gasteiger partial charge in [-0.3, -0.25) is 0 Å². The van der Waals surface area contributed by atoms with Gasteiger partial charge in [0.05, 0.1) is 12.3 Å². The average Bonchev–Trinajstić information content (AvgIpc) is 3.01. The lowest BCUT2D eigenvalue weighted by atomic mass is 9.98. The standard InChI is InChI=1S/C14H22N4OS/c1-5-11(10(4)15-6-2)14-17-12(18-19-14)7-13-16-9(3)8-20-13/h8,10-11,15H,5-7H2,1-4H3. The first-order valence-corrected chi connectivity index (χ1v) is 7.98. The summed E-state index contributed by atoms with van der Waals surface area (Å²) in [6.07, 6.45) is 1.63. The van der Waals surface area contributed by atoms with E-state index in [1.165, 1.54) is 0 Å². The number of aromatic nitrogens is 3. The van der Waals surface area contributed by atoms with E-state index in [1.807, 2.05) is 12.3 Å². The highest BCUT2D eigenvalue weighted by atomic mass is 32.1. The second kappa shape index (κ2) is 6.95. The van der Waals surface area contributed by atoms with Crippen molar-refractivity contribution in [2.24, 2.45) is 0 Å². The van der Waals surface area contributed by atoms with E-state index >= 15 is 0 Å². The third-order valence-corrected chi connectivity index (χ3v) is 4.31. The fourth-order valence-electron chi connectivity index (χ4n) is 2.32. The largest absolute Gasteiger partial charge is 0.339 e. The minimum absolute atomic E-state index is 0.259. The summed E-state index contributed by atoms with van der Waals surface area (Å²) >= 11 is 1.64. The van der Waals surface area contributed by atoms with Gasteiger partial charge in [-0.2, -0.15) is 4.98 Å². The summed E-state index contributed by atoms with van der Waals surface area (Å²) < 4.78 is 5.44. The number of likely N-dealkylation sites (N-methyl/N-ethyl adjacent to an activating group) is 1. The van der Waals surface area contributed by atoms with Crippen molar-refractivity contribution in [1.82, 2.24) is 20.4 Å². The topological polar surface area (TPSA) is 63.8 Å². The lowest BCUT2D eigenvalue weighted by Crippen LogP contribution is -2.31. The molecule has 0 bridgehead atoms. The second-order valence-electron chi connectivity index (χ2n) is 4.97. The maximum Gasteiger partial charge on any atom is 0.231 e. The number of rotatable bonds is 7. The van der Waals surface area contributed by atoms with Crippen molar-refractivity contribution in [2.45, 2.75) is 52.5 Å². The van der Waals surface area contributed by atoms with E-state index in [1.54, 1.807) is 11.3 Å². The van der Waals surface area contributed by atoms with E-state index in [0.29, 0.717) is 12.5 Å². The van der Waals surface area contributed by atoms with Crippen molar-refractivity contribution < 1.29 is 4.52 Å². The molecule has 2 heterocycles. The van der Waals surface area contributed by atoms with Gasteiger partial charge in [0.25, 0.3) is 0 Å². The fraction of sp³-hybridized carbons (Fsp3) is 0.643. The number of nitrogens with zero attached hydrogens (tertiary/aromatic N) is 3. The number of thiazole rings is 1. The Hall–Kier alpha value is -1.27. The van der Waals surface area contributed by atoms with Crippen LogP contribution in [0, 0.1) is 6.92 Å². The first-order valence-electron chi connectivity index (χ1n) is 7.10. The first-order chi connectivity index (χ1) is 9.63. The van der Waals surface area contributed by atoms with Crippen LogP contribution in [0.25, 0.3) is 0 Å². The van der Waals surface area contributed by atoms with Crippen molar-refractivity contribution in [2.75, 3.05) is 6.54 Å². The van der Waals surface area contributed by atoms with Crippen LogP contribution >= 0.6 is 11.3 Å². The molecule has 6 heteroatoms. The summed E-state index contributed by atoms with van der Waals surface area (Å²) in [7, 11) is 0. The molecule has 1 N–H and O–H groups in total.